The van der Waals surface area contributed by atoms with Crippen molar-refractivity contribution in [1.82, 2.24) is 5.32 Å². The Morgan fingerprint density at radius 2 is 2.09 bits per heavy atom. The SMILES string of the molecule is C=C(C)CCC(NC)C(F)F. The van der Waals surface area contributed by atoms with Gasteiger partial charge in [0.25, 0.3) is 6.43 Å². The molecule has 1 N–H and O–H groups in total. The van der Waals surface area contributed by atoms with E-state index in [0.29, 0.717) is 12.8 Å². The zero-order chi connectivity index (χ0) is 8.85. The molecule has 0 aliphatic carbocycles. The summed E-state index contributed by atoms with van der Waals surface area (Å²) in [5, 5.41) is 2.57. The van der Waals surface area contributed by atoms with Gasteiger partial charge in [0.1, 0.15) is 0 Å². The number of alkyl halides is 2. The molecule has 0 aliphatic heterocycles. The minimum absolute atomic E-state index is 0.462. The highest BCUT2D eigenvalue weighted by atomic mass is 19.3. The van der Waals surface area contributed by atoms with E-state index >= 15 is 0 Å². The van der Waals surface area contributed by atoms with E-state index in [0.717, 1.165) is 5.57 Å². The van der Waals surface area contributed by atoms with Crippen molar-refractivity contribution in [3.8, 4) is 0 Å². The quantitative estimate of drug-likeness (QED) is 0.612. The van der Waals surface area contributed by atoms with E-state index in [1.807, 2.05) is 6.92 Å². The summed E-state index contributed by atoms with van der Waals surface area (Å²) < 4.78 is 24.1. The molecule has 0 radical (unpaired) electrons. The normalized spacial score (nSPS) is 13.5. The van der Waals surface area contributed by atoms with Gasteiger partial charge in [-0.15, -0.1) is 6.58 Å². The largest absolute Gasteiger partial charge is 0.312 e. The van der Waals surface area contributed by atoms with Crippen molar-refractivity contribution in [1.29, 1.82) is 0 Å². The first kappa shape index (κ1) is 10.6. The summed E-state index contributed by atoms with van der Waals surface area (Å²) in [6, 6.07) is -0.688. The van der Waals surface area contributed by atoms with Gasteiger partial charge < -0.3 is 5.32 Å². The van der Waals surface area contributed by atoms with Crippen molar-refractivity contribution in [2.24, 2.45) is 0 Å². The van der Waals surface area contributed by atoms with Crippen LogP contribution in [0.1, 0.15) is 19.8 Å². The van der Waals surface area contributed by atoms with Gasteiger partial charge in [-0.2, -0.15) is 0 Å². The van der Waals surface area contributed by atoms with Crippen molar-refractivity contribution >= 4 is 0 Å². The minimum Gasteiger partial charge on any atom is -0.312 e. The summed E-state index contributed by atoms with van der Waals surface area (Å²) in [7, 11) is 1.55. The predicted molar refractivity (Wildman–Crippen MR) is 42.9 cm³/mol. The molecule has 1 nitrogen and oxygen atoms in total. The van der Waals surface area contributed by atoms with Gasteiger partial charge in [-0.1, -0.05) is 5.57 Å². The highest BCUT2D eigenvalue weighted by molar-refractivity contribution is 4.89. The van der Waals surface area contributed by atoms with Gasteiger partial charge in [0.15, 0.2) is 0 Å². The van der Waals surface area contributed by atoms with E-state index in [2.05, 4.69) is 11.9 Å². The summed E-state index contributed by atoms with van der Waals surface area (Å²) in [4.78, 5) is 0. The second kappa shape index (κ2) is 5.24. The number of hydrogen-bond acceptors (Lipinski definition) is 1. The Hall–Kier alpha value is -0.440. The van der Waals surface area contributed by atoms with Crippen LogP contribution in [0.25, 0.3) is 0 Å². The molecule has 66 valence electrons. The molecule has 0 aromatic carbocycles. The zero-order valence-corrected chi connectivity index (χ0v) is 7.03. The molecular formula is C8H15F2N. The van der Waals surface area contributed by atoms with E-state index in [1.54, 1.807) is 7.05 Å². The lowest BCUT2D eigenvalue weighted by Crippen LogP contribution is -2.32. The maximum Gasteiger partial charge on any atom is 0.253 e. The molecule has 1 atom stereocenters. The van der Waals surface area contributed by atoms with Crippen molar-refractivity contribution < 1.29 is 8.78 Å². The van der Waals surface area contributed by atoms with Crippen LogP contribution in [0, 0.1) is 0 Å². The third-order valence-electron chi connectivity index (χ3n) is 1.56. The number of rotatable bonds is 5. The molecule has 3 heteroatoms. The maximum atomic E-state index is 12.1. The molecule has 11 heavy (non-hydrogen) atoms. The van der Waals surface area contributed by atoms with Crippen LogP contribution in [0.4, 0.5) is 8.78 Å². The Bertz CT molecular complexity index is 123. The summed E-state index contributed by atoms with van der Waals surface area (Å²) in [6.07, 6.45) is -1.15. The van der Waals surface area contributed by atoms with Crippen molar-refractivity contribution in [3.63, 3.8) is 0 Å². The van der Waals surface area contributed by atoms with Crippen LogP contribution in [-0.4, -0.2) is 19.5 Å². The molecule has 0 amide bonds. The number of allylic oxidation sites excluding steroid dienone is 1. The molecule has 0 saturated carbocycles. The Labute approximate surface area is 66.5 Å². The van der Waals surface area contributed by atoms with Gasteiger partial charge in [-0.25, -0.2) is 8.78 Å². The van der Waals surface area contributed by atoms with Gasteiger partial charge in [0.2, 0.25) is 0 Å². The van der Waals surface area contributed by atoms with Crippen LogP contribution in [0.15, 0.2) is 12.2 Å². The van der Waals surface area contributed by atoms with Gasteiger partial charge in [0.05, 0.1) is 6.04 Å². The van der Waals surface area contributed by atoms with Crippen LogP contribution in [-0.2, 0) is 0 Å². The Balaban J connectivity index is 3.61. The topological polar surface area (TPSA) is 12.0 Å². The highest BCUT2D eigenvalue weighted by Gasteiger charge is 2.16. The van der Waals surface area contributed by atoms with Gasteiger partial charge in [-0.05, 0) is 26.8 Å². The maximum absolute atomic E-state index is 12.1. The fourth-order valence-corrected chi connectivity index (χ4v) is 0.798. The highest BCUT2D eigenvalue weighted by Crippen LogP contribution is 2.10. The summed E-state index contributed by atoms with van der Waals surface area (Å²) in [5.41, 5.74) is 0.950. The monoisotopic (exact) mass is 163 g/mol. The van der Waals surface area contributed by atoms with Crippen LogP contribution in [0.3, 0.4) is 0 Å². The Morgan fingerprint density at radius 3 is 2.36 bits per heavy atom. The lowest BCUT2D eigenvalue weighted by atomic mass is 10.1. The predicted octanol–water partition coefficient (Wildman–Crippen LogP) is 2.20. The first-order chi connectivity index (χ1) is 5.07. The standard InChI is InChI=1S/C8H15F2N/c1-6(2)4-5-7(11-3)8(9)10/h7-8,11H,1,4-5H2,2-3H3. The first-order valence-electron chi connectivity index (χ1n) is 3.67. The Kier molecular flexibility index (Phi) is 5.03. The second-order valence-corrected chi connectivity index (χ2v) is 2.73. The molecule has 0 aliphatic rings. The van der Waals surface area contributed by atoms with Crippen molar-refractivity contribution in [3.05, 3.63) is 12.2 Å². The summed E-state index contributed by atoms with van der Waals surface area (Å²) in [5.74, 6) is 0. The Morgan fingerprint density at radius 1 is 1.55 bits per heavy atom. The average Bonchev–Trinajstić information content (AvgIpc) is 1.87. The molecular weight excluding hydrogens is 148 g/mol. The zero-order valence-electron chi connectivity index (χ0n) is 7.03. The molecule has 1 unspecified atom stereocenters. The van der Waals surface area contributed by atoms with Gasteiger partial charge in [-0.3, -0.25) is 0 Å². The molecule has 0 saturated heterocycles. The van der Waals surface area contributed by atoms with Crippen LogP contribution >= 0.6 is 0 Å². The van der Waals surface area contributed by atoms with Crippen LogP contribution in [0.5, 0.6) is 0 Å². The lowest BCUT2D eigenvalue weighted by Gasteiger charge is -2.14. The molecule has 0 spiro atoms. The lowest BCUT2D eigenvalue weighted by molar-refractivity contribution is 0.0981. The molecule has 0 bridgehead atoms. The number of nitrogens with one attached hydrogen (secondary N) is 1. The third-order valence-corrected chi connectivity index (χ3v) is 1.56. The molecule has 0 heterocycles. The van der Waals surface area contributed by atoms with Crippen LogP contribution < -0.4 is 5.32 Å². The number of hydrogen-bond donors (Lipinski definition) is 1. The van der Waals surface area contributed by atoms with Crippen molar-refractivity contribution in [2.75, 3.05) is 7.05 Å². The van der Waals surface area contributed by atoms with Gasteiger partial charge >= 0.3 is 0 Å². The van der Waals surface area contributed by atoms with E-state index in [1.165, 1.54) is 0 Å². The second-order valence-electron chi connectivity index (χ2n) is 2.73. The summed E-state index contributed by atoms with van der Waals surface area (Å²) >= 11 is 0. The van der Waals surface area contributed by atoms with Gasteiger partial charge in [0, 0.05) is 0 Å². The third kappa shape index (κ3) is 4.90. The smallest absolute Gasteiger partial charge is 0.253 e. The fraction of sp³-hybridized carbons (Fsp3) is 0.750. The first-order valence-corrected chi connectivity index (χ1v) is 3.67. The molecule has 0 aromatic rings. The van der Waals surface area contributed by atoms with Crippen molar-refractivity contribution in [2.45, 2.75) is 32.2 Å². The minimum atomic E-state index is -2.28. The summed E-state index contributed by atoms with van der Waals surface area (Å²) in [6.45, 7) is 5.49. The van der Waals surface area contributed by atoms with Crippen LogP contribution in [0.2, 0.25) is 0 Å². The fourth-order valence-electron chi connectivity index (χ4n) is 0.798. The molecule has 0 aromatic heterocycles. The van der Waals surface area contributed by atoms with E-state index in [9.17, 15) is 8.78 Å². The van der Waals surface area contributed by atoms with E-state index in [-0.39, 0.29) is 0 Å². The molecule has 0 rings (SSSR count). The number of halogens is 2. The average molecular weight is 163 g/mol. The molecule has 0 fully saturated rings. The van der Waals surface area contributed by atoms with E-state index < -0.39 is 12.5 Å². The van der Waals surface area contributed by atoms with E-state index in [4.69, 9.17) is 0 Å².